The number of sulfonamides is 1. The van der Waals surface area contributed by atoms with Crippen LogP contribution in [0.5, 0.6) is 0 Å². The Kier molecular flexibility index (Phi) is 3.18. The lowest BCUT2D eigenvalue weighted by molar-refractivity contribution is -0.132. The molecule has 1 aromatic carbocycles. The Bertz CT molecular complexity index is 657. The van der Waals surface area contributed by atoms with E-state index in [0.717, 1.165) is 24.2 Å². The number of rotatable bonds is 2. The number of nitrogens with zero attached hydrogens (tertiary/aromatic N) is 2. The van der Waals surface area contributed by atoms with Gasteiger partial charge in [0.05, 0.1) is 11.4 Å². The third kappa shape index (κ3) is 2.16. The molecule has 1 fully saturated rings. The molecule has 108 valence electrons. The zero-order chi connectivity index (χ0) is 14.3. The van der Waals surface area contributed by atoms with Crippen molar-refractivity contribution >= 4 is 21.6 Å². The van der Waals surface area contributed by atoms with Crippen molar-refractivity contribution in [3.05, 3.63) is 23.8 Å². The molecule has 0 spiro atoms. The molecule has 0 aliphatic carbocycles. The van der Waals surface area contributed by atoms with E-state index in [2.05, 4.69) is 5.32 Å². The Balaban J connectivity index is 1.90. The van der Waals surface area contributed by atoms with E-state index in [1.807, 2.05) is 6.07 Å². The van der Waals surface area contributed by atoms with E-state index >= 15 is 0 Å². The van der Waals surface area contributed by atoms with Crippen molar-refractivity contribution in [1.29, 1.82) is 0 Å². The quantitative estimate of drug-likeness (QED) is 0.841. The number of benzene rings is 1. The second-order valence-electron chi connectivity index (χ2n) is 5.15. The van der Waals surface area contributed by atoms with E-state index in [4.69, 9.17) is 0 Å². The SMILES string of the molecule is CN1CCN(S(=O)(=O)c2ccc3c(c2)NCC3)CC1=O. The summed E-state index contributed by atoms with van der Waals surface area (Å²) in [4.78, 5) is 13.5. The molecule has 6 nitrogen and oxygen atoms in total. The minimum Gasteiger partial charge on any atom is -0.384 e. The van der Waals surface area contributed by atoms with Gasteiger partial charge in [-0.05, 0) is 24.1 Å². The van der Waals surface area contributed by atoms with Gasteiger partial charge in [0, 0.05) is 32.4 Å². The van der Waals surface area contributed by atoms with E-state index in [-0.39, 0.29) is 17.3 Å². The number of hydrogen-bond donors (Lipinski definition) is 1. The molecule has 20 heavy (non-hydrogen) atoms. The third-order valence-electron chi connectivity index (χ3n) is 3.85. The summed E-state index contributed by atoms with van der Waals surface area (Å²) in [6.45, 7) is 1.53. The fourth-order valence-electron chi connectivity index (χ4n) is 2.52. The lowest BCUT2D eigenvalue weighted by atomic mass is 10.2. The predicted molar refractivity (Wildman–Crippen MR) is 75.0 cm³/mol. The van der Waals surface area contributed by atoms with E-state index < -0.39 is 10.0 Å². The average Bonchev–Trinajstić information content (AvgIpc) is 2.89. The van der Waals surface area contributed by atoms with Gasteiger partial charge in [-0.1, -0.05) is 6.07 Å². The number of nitrogens with one attached hydrogen (secondary N) is 1. The molecule has 0 aromatic heterocycles. The van der Waals surface area contributed by atoms with E-state index in [9.17, 15) is 13.2 Å². The highest BCUT2D eigenvalue weighted by Gasteiger charge is 2.31. The number of fused-ring (bicyclic) bond motifs is 1. The molecule has 0 saturated carbocycles. The van der Waals surface area contributed by atoms with Gasteiger partial charge in [-0.3, -0.25) is 4.79 Å². The molecule has 3 rings (SSSR count). The molecule has 0 bridgehead atoms. The van der Waals surface area contributed by atoms with Crippen LogP contribution in [0, 0.1) is 0 Å². The number of carbonyl (C=O) groups excluding carboxylic acids is 1. The van der Waals surface area contributed by atoms with Crippen LogP contribution in [0.25, 0.3) is 0 Å². The van der Waals surface area contributed by atoms with Crippen LogP contribution in [0.3, 0.4) is 0 Å². The maximum absolute atomic E-state index is 12.6. The van der Waals surface area contributed by atoms with Crippen molar-refractivity contribution in [3.63, 3.8) is 0 Å². The summed E-state index contributed by atoms with van der Waals surface area (Å²) in [5, 5.41) is 3.17. The monoisotopic (exact) mass is 295 g/mol. The highest BCUT2D eigenvalue weighted by atomic mass is 32.2. The van der Waals surface area contributed by atoms with Crippen LogP contribution in [-0.4, -0.2) is 56.8 Å². The van der Waals surface area contributed by atoms with Gasteiger partial charge in [-0.2, -0.15) is 4.31 Å². The van der Waals surface area contributed by atoms with Gasteiger partial charge in [0.15, 0.2) is 0 Å². The molecule has 1 amide bonds. The molecular weight excluding hydrogens is 278 g/mol. The molecule has 0 radical (unpaired) electrons. The largest absolute Gasteiger partial charge is 0.384 e. The Morgan fingerprint density at radius 1 is 1.25 bits per heavy atom. The molecule has 2 aliphatic rings. The topological polar surface area (TPSA) is 69.7 Å². The molecule has 2 aliphatic heterocycles. The first kappa shape index (κ1) is 13.4. The highest BCUT2D eigenvalue weighted by molar-refractivity contribution is 7.89. The van der Waals surface area contributed by atoms with E-state index in [1.54, 1.807) is 24.1 Å². The lowest BCUT2D eigenvalue weighted by Gasteiger charge is -2.31. The van der Waals surface area contributed by atoms with Gasteiger partial charge in [0.1, 0.15) is 0 Å². The van der Waals surface area contributed by atoms with Gasteiger partial charge in [-0.15, -0.1) is 0 Å². The van der Waals surface area contributed by atoms with E-state index in [1.165, 1.54) is 4.31 Å². The number of carbonyl (C=O) groups is 1. The predicted octanol–water partition coefficient (Wildman–Crippen LogP) is 0.117. The fourth-order valence-corrected chi connectivity index (χ4v) is 3.93. The molecule has 1 N–H and O–H groups in total. The van der Waals surface area contributed by atoms with Gasteiger partial charge in [-0.25, -0.2) is 8.42 Å². The smallest absolute Gasteiger partial charge is 0.243 e. The zero-order valence-electron chi connectivity index (χ0n) is 11.3. The van der Waals surface area contributed by atoms with Gasteiger partial charge < -0.3 is 10.2 Å². The van der Waals surface area contributed by atoms with E-state index in [0.29, 0.717) is 13.1 Å². The second-order valence-corrected chi connectivity index (χ2v) is 7.09. The maximum atomic E-state index is 12.6. The summed E-state index contributed by atoms with van der Waals surface area (Å²) in [6.07, 6.45) is 0.919. The summed E-state index contributed by atoms with van der Waals surface area (Å²) >= 11 is 0. The number of hydrogen-bond acceptors (Lipinski definition) is 4. The van der Waals surface area contributed by atoms with Crippen molar-refractivity contribution in [3.8, 4) is 0 Å². The number of anilines is 1. The molecular formula is C13H17N3O3S. The van der Waals surface area contributed by atoms with Crippen LogP contribution < -0.4 is 5.32 Å². The second kappa shape index (κ2) is 4.75. The lowest BCUT2D eigenvalue weighted by Crippen LogP contribution is -2.50. The molecule has 1 saturated heterocycles. The minimum absolute atomic E-state index is 0.0800. The van der Waals surface area contributed by atoms with Gasteiger partial charge in [0.25, 0.3) is 0 Å². The van der Waals surface area contributed by atoms with Gasteiger partial charge in [0.2, 0.25) is 15.9 Å². The number of piperazine rings is 1. The van der Waals surface area contributed by atoms with Gasteiger partial charge >= 0.3 is 0 Å². The summed E-state index contributed by atoms with van der Waals surface area (Å²) in [5.74, 6) is -0.167. The first-order valence-electron chi connectivity index (χ1n) is 6.59. The van der Waals surface area contributed by atoms with Crippen LogP contribution in [0.2, 0.25) is 0 Å². The van der Waals surface area contributed by atoms with Crippen molar-refractivity contribution in [1.82, 2.24) is 9.21 Å². The molecule has 0 unspecified atom stereocenters. The fraction of sp³-hybridized carbons (Fsp3) is 0.462. The summed E-state index contributed by atoms with van der Waals surface area (Å²) in [6, 6.07) is 5.14. The third-order valence-corrected chi connectivity index (χ3v) is 5.69. The van der Waals surface area contributed by atoms with Crippen LogP contribution in [0.15, 0.2) is 23.1 Å². The van der Waals surface area contributed by atoms with Crippen LogP contribution >= 0.6 is 0 Å². The standard InChI is InChI=1S/C13H17N3O3S/c1-15-6-7-16(9-13(15)17)20(18,19)11-3-2-10-4-5-14-12(10)8-11/h2-3,8,14H,4-7,9H2,1H3. The molecule has 7 heteroatoms. The van der Waals surface area contributed by atoms with Crippen molar-refractivity contribution in [2.45, 2.75) is 11.3 Å². The number of likely N-dealkylation sites (N-methyl/N-ethyl adjacent to an activating group) is 1. The summed E-state index contributed by atoms with van der Waals surface area (Å²) in [7, 11) is -1.91. The van der Waals surface area contributed by atoms with Crippen molar-refractivity contribution in [2.24, 2.45) is 0 Å². The summed E-state index contributed by atoms with van der Waals surface area (Å²) in [5.41, 5.74) is 2.02. The summed E-state index contributed by atoms with van der Waals surface area (Å²) < 4.78 is 26.4. The van der Waals surface area contributed by atoms with Crippen LogP contribution in [-0.2, 0) is 21.2 Å². The van der Waals surface area contributed by atoms with Crippen molar-refractivity contribution in [2.75, 3.05) is 38.5 Å². The Morgan fingerprint density at radius 2 is 2.05 bits per heavy atom. The Morgan fingerprint density at radius 3 is 2.80 bits per heavy atom. The molecule has 1 aromatic rings. The number of amides is 1. The minimum atomic E-state index is -3.59. The Labute approximate surface area is 118 Å². The Hall–Kier alpha value is -1.60. The van der Waals surface area contributed by atoms with Crippen LogP contribution in [0.1, 0.15) is 5.56 Å². The molecule has 0 atom stereocenters. The first-order valence-corrected chi connectivity index (χ1v) is 8.03. The molecule has 2 heterocycles. The zero-order valence-corrected chi connectivity index (χ0v) is 12.1. The first-order chi connectivity index (χ1) is 9.48. The average molecular weight is 295 g/mol. The van der Waals surface area contributed by atoms with Crippen molar-refractivity contribution < 1.29 is 13.2 Å². The highest BCUT2D eigenvalue weighted by Crippen LogP contribution is 2.27. The van der Waals surface area contributed by atoms with Crippen LogP contribution in [0.4, 0.5) is 5.69 Å². The normalized spacial score (nSPS) is 19.9. The maximum Gasteiger partial charge on any atom is 0.243 e.